The van der Waals surface area contributed by atoms with Crippen molar-refractivity contribution in [3.63, 3.8) is 0 Å². The normalized spacial score (nSPS) is 19.7. The van der Waals surface area contributed by atoms with E-state index in [2.05, 4.69) is 11.9 Å². The van der Waals surface area contributed by atoms with Crippen LogP contribution < -0.4 is 4.74 Å². The lowest BCUT2D eigenvalue weighted by molar-refractivity contribution is -0.132. The summed E-state index contributed by atoms with van der Waals surface area (Å²) in [4.78, 5) is 31.7. The molecule has 0 spiro atoms. The summed E-state index contributed by atoms with van der Waals surface area (Å²) in [6, 6.07) is 5.70. The maximum atomic E-state index is 13.0. The number of carbonyl (C=O) groups excluding carboxylic acids is 2. The van der Waals surface area contributed by atoms with Crippen molar-refractivity contribution in [1.29, 1.82) is 0 Å². The molecular weight excluding hydrogens is 402 g/mol. The Morgan fingerprint density at radius 3 is 2.60 bits per heavy atom. The third-order valence-electron chi connectivity index (χ3n) is 6.21. The number of hydrogen-bond donors (Lipinski definition) is 0. The molecule has 1 fully saturated rings. The second kappa shape index (κ2) is 11.0. The molecule has 2 aliphatic rings. The van der Waals surface area contributed by atoms with E-state index >= 15 is 0 Å². The van der Waals surface area contributed by atoms with Crippen LogP contribution >= 0.6 is 11.6 Å². The van der Waals surface area contributed by atoms with Crippen LogP contribution in [0.1, 0.15) is 55.3 Å². The van der Waals surface area contributed by atoms with E-state index in [1.807, 2.05) is 4.90 Å². The van der Waals surface area contributed by atoms with E-state index in [0.717, 1.165) is 25.8 Å². The van der Waals surface area contributed by atoms with Crippen LogP contribution in [-0.4, -0.2) is 79.4 Å². The zero-order chi connectivity index (χ0) is 21.5. The standard InChI is InChI=1S/C23H34ClN3O3/c1-25-12-5-6-13-27(22(28)17-26(2)19-8-3-4-9-19)14-7-15-30-21-11-10-18(24)16-20(21)23(25)29/h10-11,16,19H,3-9,12-15,17H2,1-2H3. The van der Waals surface area contributed by atoms with Crippen LogP contribution in [0.2, 0.25) is 5.02 Å². The highest BCUT2D eigenvalue weighted by molar-refractivity contribution is 6.31. The van der Waals surface area contributed by atoms with E-state index in [9.17, 15) is 9.59 Å². The van der Waals surface area contributed by atoms with Crippen molar-refractivity contribution in [2.45, 2.75) is 51.0 Å². The molecule has 0 unspecified atom stereocenters. The Kier molecular flexibility index (Phi) is 8.40. The zero-order valence-electron chi connectivity index (χ0n) is 18.2. The number of rotatable bonds is 3. The molecule has 1 aromatic carbocycles. The highest BCUT2D eigenvalue weighted by Gasteiger charge is 2.24. The minimum atomic E-state index is -0.0853. The van der Waals surface area contributed by atoms with Crippen LogP contribution in [-0.2, 0) is 4.79 Å². The van der Waals surface area contributed by atoms with Gasteiger partial charge in [0.15, 0.2) is 0 Å². The summed E-state index contributed by atoms with van der Waals surface area (Å²) in [5.41, 5.74) is 0.496. The Morgan fingerprint density at radius 1 is 1.13 bits per heavy atom. The summed E-state index contributed by atoms with van der Waals surface area (Å²) in [5, 5.41) is 0.520. The first kappa shape index (κ1) is 22.9. The van der Waals surface area contributed by atoms with Gasteiger partial charge in [0, 0.05) is 37.7 Å². The zero-order valence-corrected chi connectivity index (χ0v) is 19.0. The molecule has 0 bridgehead atoms. The van der Waals surface area contributed by atoms with Crippen molar-refractivity contribution < 1.29 is 14.3 Å². The smallest absolute Gasteiger partial charge is 0.257 e. The van der Waals surface area contributed by atoms with Gasteiger partial charge in [-0.05, 0) is 57.4 Å². The summed E-state index contributed by atoms with van der Waals surface area (Å²) in [6.07, 6.45) is 7.38. The van der Waals surface area contributed by atoms with Crippen LogP contribution in [0, 0.1) is 0 Å². The highest BCUT2D eigenvalue weighted by atomic mass is 35.5. The molecule has 1 aliphatic carbocycles. The van der Waals surface area contributed by atoms with Crippen molar-refractivity contribution in [3.05, 3.63) is 28.8 Å². The van der Waals surface area contributed by atoms with E-state index in [-0.39, 0.29) is 11.8 Å². The van der Waals surface area contributed by atoms with Gasteiger partial charge in [0.2, 0.25) is 5.91 Å². The van der Waals surface area contributed by atoms with Crippen LogP contribution in [0.5, 0.6) is 5.75 Å². The molecule has 1 saturated carbocycles. The first-order valence-electron chi connectivity index (χ1n) is 11.1. The molecule has 1 heterocycles. The Labute approximate surface area is 185 Å². The average molecular weight is 436 g/mol. The minimum Gasteiger partial charge on any atom is -0.493 e. The molecule has 1 aromatic rings. The summed E-state index contributed by atoms with van der Waals surface area (Å²) in [7, 11) is 3.87. The monoisotopic (exact) mass is 435 g/mol. The Bertz CT molecular complexity index is 736. The van der Waals surface area contributed by atoms with E-state index < -0.39 is 0 Å². The van der Waals surface area contributed by atoms with E-state index in [1.54, 1.807) is 30.1 Å². The SMILES string of the molecule is CN1CCCCN(C(=O)CN(C)C2CCCC2)CCCOc2ccc(Cl)cc2C1=O. The van der Waals surface area contributed by atoms with Crippen LogP contribution in [0.4, 0.5) is 0 Å². The van der Waals surface area contributed by atoms with Gasteiger partial charge in [-0.25, -0.2) is 0 Å². The second-order valence-corrected chi connectivity index (χ2v) is 8.95. The first-order valence-corrected chi connectivity index (χ1v) is 11.5. The van der Waals surface area contributed by atoms with Crippen molar-refractivity contribution in [2.24, 2.45) is 0 Å². The highest BCUT2D eigenvalue weighted by Crippen LogP contribution is 2.25. The number of fused-ring (bicyclic) bond motifs is 1. The largest absolute Gasteiger partial charge is 0.493 e. The summed E-state index contributed by atoms with van der Waals surface area (Å²) >= 11 is 6.11. The maximum Gasteiger partial charge on any atom is 0.257 e. The molecule has 30 heavy (non-hydrogen) atoms. The number of carbonyl (C=O) groups is 2. The fourth-order valence-corrected chi connectivity index (χ4v) is 4.51. The lowest BCUT2D eigenvalue weighted by atomic mass is 10.1. The molecule has 0 aromatic heterocycles. The van der Waals surface area contributed by atoms with Gasteiger partial charge in [0.25, 0.3) is 5.91 Å². The average Bonchev–Trinajstić information content (AvgIpc) is 3.27. The summed E-state index contributed by atoms with van der Waals surface area (Å²) < 4.78 is 5.91. The summed E-state index contributed by atoms with van der Waals surface area (Å²) in [5.74, 6) is 0.656. The number of likely N-dealkylation sites (N-methyl/N-ethyl adjacent to an activating group) is 1. The molecule has 0 atom stereocenters. The van der Waals surface area contributed by atoms with Crippen molar-refractivity contribution in [1.82, 2.24) is 14.7 Å². The Hall–Kier alpha value is -1.79. The third kappa shape index (κ3) is 6.11. The molecular formula is C23H34ClN3O3. The van der Waals surface area contributed by atoms with E-state index in [4.69, 9.17) is 16.3 Å². The quantitative estimate of drug-likeness (QED) is 0.726. The predicted molar refractivity (Wildman–Crippen MR) is 119 cm³/mol. The number of hydrogen-bond acceptors (Lipinski definition) is 4. The minimum absolute atomic E-state index is 0.0853. The predicted octanol–water partition coefficient (Wildman–Crippen LogP) is 3.68. The van der Waals surface area contributed by atoms with Gasteiger partial charge in [0.1, 0.15) is 5.75 Å². The van der Waals surface area contributed by atoms with Crippen LogP contribution in [0.15, 0.2) is 18.2 Å². The van der Waals surface area contributed by atoms with Crippen molar-refractivity contribution >= 4 is 23.4 Å². The van der Waals surface area contributed by atoms with Crippen LogP contribution in [0.3, 0.4) is 0 Å². The molecule has 0 saturated heterocycles. The topological polar surface area (TPSA) is 53.1 Å². The lowest BCUT2D eigenvalue weighted by Gasteiger charge is -2.28. The third-order valence-corrected chi connectivity index (χ3v) is 6.44. The van der Waals surface area contributed by atoms with E-state index in [0.29, 0.717) is 48.6 Å². The van der Waals surface area contributed by atoms with Crippen molar-refractivity contribution in [3.8, 4) is 5.75 Å². The number of halogens is 1. The second-order valence-electron chi connectivity index (χ2n) is 8.51. The molecule has 7 heteroatoms. The molecule has 166 valence electrons. The number of amides is 2. The number of nitrogens with zero attached hydrogens (tertiary/aromatic N) is 3. The summed E-state index contributed by atoms with van der Waals surface area (Å²) in [6.45, 7) is 2.95. The number of ether oxygens (including phenoxy) is 1. The van der Waals surface area contributed by atoms with Crippen molar-refractivity contribution in [2.75, 3.05) is 46.9 Å². The molecule has 6 nitrogen and oxygen atoms in total. The van der Waals surface area contributed by atoms with Gasteiger partial charge in [-0.1, -0.05) is 24.4 Å². The fraction of sp³-hybridized carbons (Fsp3) is 0.652. The van der Waals surface area contributed by atoms with Gasteiger partial charge in [0.05, 0.1) is 18.7 Å². The Balaban J connectivity index is 1.64. The van der Waals surface area contributed by atoms with Crippen LogP contribution in [0.25, 0.3) is 0 Å². The maximum absolute atomic E-state index is 13.0. The molecule has 0 radical (unpaired) electrons. The fourth-order valence-electron chi connectivity index (χ4n) is 4.34. The Morgan fingerprint density at radius 2 is 1.83 bits per heavy atom. The molecule has 0 N–H and O–H groups in total. The van der Waals surface area contributed by atoms with Gasteiger partial charge in [-0.2, -0.15) is 0 Å². The number of benzene rings is 1. The van der Waals surface area contributed by atoms with E-state index in [1.165, 1.54) is 25.7 Å². The lowest BCUT2D eigenvalue weighted by Crippen LogP contribution is -2.43. The molecule has 1 aliphatic heterocycles. The van der Waals surface area contributed by atoms with Gasteiger partial charge in [-0.3, -0.25) is 14.5 Å². The molecule has 2 amide bonds. The van der Waals surface area contributed by atoms with Gasteiger partial charge < -0.3 is 14.5 Å². The molecule has 3 rings (SSSR count). The van der Waals surface area contributed by atoms with Gasteiger partial charge >= 0.3 is 0 Å². The van der Waals surface area contributed by atoms with Gasteiger partial charge in [-0.15, -0.1) is 0 Å². The first-order chi connectivity index (χ1) is 14.5.